The molecule has 0 aliphatic heterocycles. The zero-order valence-corrected chi connectivity index (χ0v) is 11.3. The zero-order chi connectivity index (χ0) is 12.8. The highest BCUT2D eigenvalue weighted by atomic mass is 32.1. The molecule has 0 aliphatic carbocycles. The minimum absolute atomic E-state index is 0.0203. The van der Waals surface area contributed by atoms with E-state index in [-0.39, 0.29) is 18.6 Å². The summed E-state index contributed by atoms with van der Waals surface area (Å²) in [5.74, 6) is -0.0692. The molecule has 1 rings (SSSR count). The molecule has 0 radical (unpaired) electrons. The van der Waals surface area contributed by atoms with Gasteiger partial charge in [0.15, 0.2) is 0 Å². The normalized spacial score (nSPS) is 10.9. The topological polar surface area (TPSA) is 66.3 Å². The van der Waals surface area contributed by atoms with Gasteiger partial charge in [-0.25, -0.2) is 0 Å². The lowest BCUT2D eigenvalue weighted by atomic mass is 10.1. The van der Waals surface area contributed by atoms with E-state index >= 15 is 0 Å². The van der Waals surface area contributed by atoms with Crippen molar-refractivity contribution >= 4 is 17.4 Å². The number of hydrogen-bond donors (Lipinski definition) is 1. The largest absolute Gasteiger partial charge is 0.395 e. The van der Waals surface area contributed by atoms with Gasteiger partial charge in [0.2, 0.25) is 0 Å². The molecule has 0 aromatic carbocycles. The van der Waals surface area contributed by atoms with Gasteiger partial charge in [0.25, 0.3) is 5.91 Å². The van der Waals surface area contributed by atoms with Crippen LogP contribution < -0.4 is 0 Å². The first-order valence-electron chi connectivity index (χ1n) is 5.86. The number of carbonyl (C=O) groups is 1. The molecule has 0 saturated heterocycles. The van der Waals surface area contributed by atoms with Gasteiger partial charge in [0.1, 0.15) is 4.88 Å². The smallest absolute Gasteiger partial charge is 0.267 e. The molecule has 0 saturated carbocycles. The van der Waals surface area contributed by atoms with Gasteiger partial charge in [0.05, 0.1) is 12.3 Å². The number of aliphatic hydroxyl groups excluding tert-OH is 1. The minimum atomic E-state index is -0.0692. The van der Waals surface area contributed by atoms with E-state index in [1.165, 1.54) is 0 Å². The summed E-state index contributed by atoms with van der Waals surface area (Å²) in [6, 6.07) is 0.163. The molecular weight excluding hydrogens is 238 g/mol. The van der Waals surface area contributed by atoms with Crippen LogP contribution in [0, 0.1) is 6.92 Å². The van der Waals surface area contributed by atoms with Crippen LogP contribution in [0.25, 0.3) is 0 Å². The summed E-state index contributed by atoms with van der Waals surface area (Å²) in [7, 11) is 0. The number of aliphatic hydroxyl groups is 1. The number of aryl methyl sites for hydroxylation is 1. The molecular formula is C11H19N3O2S. The SMILES string of the molecule is CCC(CC)N(CCO)C(=O)c1snnc1C. The number of amides is 1. The summed E-state index contributed by atoms with van der Waals surface area (Å²) in [6.07, 6.45) is 1.76. The second-order valence-corrected chi connectivity index (χ2v) is 4.63. The second-order valence-electron chi connectivity index (χ2n) is 3.88. The van der Waals surface area contributed by atoms with Crippen LogP contribution in [0.15, 0.2) is 0 Å². The van der Waals surface area contributed by atoms with Crippen LogP contribution in [-0.2, 0) is 0 Å². The Morgan fingerprint density at radius 2 is 2.12 bits per heavy atom. The van der Waals surface area contributed by atoms with Crippen molar-refractivity contribution in [2.24, 2.45) is 0 Å². The quantitative estimate of drug-likeness (QED) is 0.838. The summed E-state index contributed by atoms with van der Waals surface area (Å²) < 4.78 is 3.78. The molecule has 0 atom stereocenters. The lowest BCUT2D eigenvalue weighted by Gasteiger charge is -2.29. The molecule has 1 aromatic heterocycles. The molecule has 96 valence electrons. The predicted octanol–water partition coefficient (Wildman–Crippen LogP) is 1.47. The van der Waals surface area contributed by atoms with Gasteiger partial charge in [0, 0.05) is 12.6 Å². The van der Waals surface area contributed by atoms with Crippen molar-refractivity contribution in [2.45, 2.75) is 39.7 Å². The van der Waals surface area contributed by atoms with E-state index in [0.29, 0.717) is 17.1 Å². The molecule has 0 aliphatic rings. The van der Waals surface area contributed by atoms with Gasteiger partial charge in [-0.1, -0.05) is 18.3 Å². The van der Waals surface area contributed by atoms with Crippen molar-refractivity contribution in [3.05, 3.63) is 10.6 Å². The summed E-state index contributed by atoms with van der Waals surface area (Å²) in [6.45, 7) is 6.21. The van der Waals surface area contributed by atoms with Crippen molar-refractivity contribution in [3.8, 4) is 0 Å². The van der Waals surface area contributed by atoms with E-state index in [1.807, 2.05) is 13.8 Å². The van der Waals surface area contributed by atoms with Crippen LogP contribution in [0.4, 0.5) is 0 Å². The van der Waals surface area contributed by atoms with Crippen LogP contribution in [0.2, 0.25) is 0 Å². The molecule has 0 fully saturated rings. The highest BCUT2D eigenvalue weighted by molar-refractivity contribution is 7.07. The monoisotopic (exact) mass is 257 g/mol. The van der Waals surface area contributed by atoms with E-state index in [1.54, 1.807) is 11.8 Å². The first-order valence-corrected chi connectivity index (χ1v) is 6.63. The maximum Gasteiger partial charge on any atom is 0.267 e. The molecule has 17 heavy (non-hydrogen) atoms. The third-order valence-electron chi connectivity index (χ3n) is 2.83. The fourth-order valence-corrected chi connectivity index (χ4v) is 2.46. The fourth-order valence-electron chi connectivity index (χ4n) is 1.85. The Morgan fingerprint density at radius 1 is 1.47 bits per heavy atom. The van der Waals surface area contributed by atoms with Crippen molar-refractivity contribution in [2.75, 3.05) is 13.2 Å². The van der Waals surface area contributed by atoms with Crippen LogP contribution in [0.1, 0.15) is 42.1 Å². The number of carbonyl (C=O) groups excluding carboxylic acids is 1. The van der Waals surface area contributed by atoms with Crippen LogP contribution in [0.3, 0.4) is 0 Å². The molecule has 1 heterocycles. The molecule has 1 aromatic rings. The Kier molecular flexibility index (Phi) is 5.50. The average molecular weight is 257 g/mol. The molecule has 1 N–H and O–H groups in total. The van der Waals surface area contributed by atoms with Crippen LogP contribution in [-0.4, -0.2) is 44.7 Å². The van der Waals surface area contributed by atoms with Gasteiger partial charge >= 0.3 is 0 Å². The molecule has 1 amide bonds. The Bertz CT molecular complexity index is 363. The molecule has 0 spiro atoms. The van der Waals surface area contributed by atoms with E-state index in [4.69, 9.17) is 5.11 Å². The molecule has 0 bridgehead atoms. The highest BCUT2D eigenvalue weighted by Gasteiger charge is 2.25. The predicted molar refractivity (Wildman–Crippen MR) is 67.1 cm³/mol. The Labute approximate surface area is 106 Å². The number of nitrogens with zero attached hydrogens (tertiary/aromatic N) is 3. The van der Waals surface area contributed by atoms with E-state index in [0.717, 1.165) is 24.4 Å². The third-order valence-corrected chi connectivity index (χ3v) is 3.65. The van der Waals surface area contributed by atoms with Crippen molar-refractivity contribution < 1.29 is 9.90 Å². The fraction of sp³-hybridized carbons (Fsp3) is 0.727. The average Bonchev–Trinajstić information content (AvgIpc) is 2.75. The Balaban J connectivity index is 2.91. The van der Waals surface area contributed by atoms with Gasteiger partial charge in [-0.2, -0.15) is 0 Å². The van der Waals surface area contributed by atoms with E-state index < -0.39 is 0 Å². The van der Waals surface area contributed by atoms with Gasteiger partial charge in [-0.15, -0.1) is 5.10 Å². The molecule has 5 nitrogen and oxygen atoms in total. The van der Waals surface area contributed by atoms with Crippen LogP contribution in [0.5, 0.6) is 0 Å². The summed E-state index contributed by atoms with van der Waals surface area (Å²) >= 11 is 1.12. The number of rotatable bonds is 6. The van der Waals surface area contributed by atoms with Gasteiger partial charge in [-0.3, -0.25) is 4.79 Å². The standard InChI is InChI=1S/C11H19N3O2S/c1-4-9(5-2)14(6-7-15)11(16)10-8(3)12-13-17-10/h9,15H,4-7H2,1-3H3. The second kappa shape index (κ2) is 6.66. The lowest BCUT2D eigenvalue weighted by Crippen LogP contribution is -2.41. The zero-order valence-electron chi connectivity index (χ0n) is 10.5. The van der Waals surface area contributed by atoms with E-state index in [2.05, 4.69) is 9.59 Å². The van der Waals surface area contributed by atoms with Crippen molar-refractivity contribution in [1.29, 1.82) is 0 Å². The van der Waals surface area contributed by atoms with E-state index in [9.17, 15) is 4.79 Å². The lowest BCUT2D eigenvalue weighted by molar-refractivity contribution is 0.0626. The first kappa shape index (κ1) is 14.1. The molecule has 6 heteroatoms. The number of aromatic nitrogens is 2. The maximum absolute atomic E-state index is 12.3. The molecule has 0 unspecified atom stereocenters. The minimum Gasteiger partial charge on any atom is -0.395 e. The number of hydrogen-bond acceptors (Lipinski definition) is 5. The van der Waals surface area contributed by atoms with Gasteiger partial charge < -0.3 is 10.0 Å². The Morgan fingerprint density at radius 3 is 2.53 bits per heavy atom. The maximum atomic E-state index is 12.3. The third kappa shape index (κ3) is 3.23. The van der Waals surface area contributed by atoms with Crippen molar-refractivity contribution in [1.82, 2.24) is 14.5 Å². The summed E-state index contributed by atoms with van der Waals surface area (Å²) in [4.78, 5) is 14.6. The van der Waals surface area contributed by atoms with Crippen LogP contribution >= 0.6 is 11.5 Å². The summed E-state index contributed by atoms with van der Waals surface area (Å²) in [5, 5.41) is 12.9. The summed E-state index contributed by atoms with van der Waals surface area (Å²) in [5.41, 5.74) is 0.661. The van der Waals surface area contributed by atoms with Crippen molar-refractivity contribution in [3.63, 3.8) is 0 Å². The first-order chi connectivity index (χ1) is 8.15. The van der Waals surface area contributed by atoms with Gasteiger partial charge in [-0.05, 0) is 31.3 Å². The Hall–Kier alpha value is -1.01. The highest BCUT2D eigenvalue weighted by Crippen LogP contribution is 2.17.